The van der Waals surface area contributed by atoms with Crippen molar-refractivity contribution in [3.8, 4) is 11.5 Å². The number of methoxy groups -OCH3 is 2. The molecule has 1 saturated heterocycles. The van der Waals surface area contributed by atoms with E-state index in [0.717, 1.165) is 37.4 Å². The van der Waals surface area contributed by atoms with Crippen LogP contribution in [0, 0.1) is 0 Å². The summed E-state index contributed by atoms with van der Waals surface area (Å²) in [5.41, 5.74) is 3.16. The number of ether oxygens (including phenoxy) is 3. The van der Waals surface area contributed by atoms with Gasteiger partial charge >= 0.3 is 6.09 Å². The van der Waals surface area contributed by atoms with Crippen molar-refractivity contribution in [2.24, 2.45) is 0 Å². The SMILES string of the molecule is COc1ccc(C(CCCCNC(=O)OC(C)(C)C)N2C(=O)c3cccc(N4CCN([C@H](C)c5ccccc5)CC4)c3C2=O)cc1OC. The highest BCUT2D eigenvalue weighted by Crippen LogP contribution is 2.41. The summed E-state index contributed by atoms with van der Waals surface area (Å²) < 4.78 is 16.4. The van der Waals surface area contributed by atoms with Crippen molar-refractivity contribution in [3.05, 3.63) is 89.0 Å². The van der Waals surface area contributed by atoms with Gasteiger partial charge in [-0.05, 0) is 82.3 Å². The number of amides is 3. The Kier molecular flexibility index (Phi) is 10.9. The highest BCUT2D eigenvalue weighted by molar-refractivity contribution is 6.24. The number of alkyl carbamates (subject to hydrolysis) is 1. The van der Waals surface area contributed by atoms with Gasteiger partial charge in [0.25, 0.3) is 11.8 Å². The largest absolute Gasteiger partial charge is 0.493 e. The number of benzene rings is 3. The van der Waals surface area contributed by atoms with E-state index in [-0.39, 0.29) is 17.9 Å². The fraction of sp³-hybridized carbons (Fsp3) is 0.447. The monoisotopic (exact) mass is 656 g/mol. The van der Waals surface area contributed by atoms with Crippen molar-refractivity contribution in [1.29, 1.82) is 0 Å². The maximum absolute atomic E-state index is 14.4. The Balaban J connectivity index is 1.34. The first-order valence-electron chi connectivity index (χ1n) is 16.8. The normalized spacial score (nSPS) is 16.4. The van der Waals surface area contributed by atoms with Gasteiger partial charge in [-0.1, -0.05) is 42.5 Å². The van der Waals surface area contributed by atoms with E-state index in [2.05, 4.69) is 46.3 Å². The Bertz CT molecular complexity index is 1600. The third-order valence-corrected chi connectivity index (χ3v) is 9.09. The first-order valence-corrected chi connectivity index (χ1v) is 16.8. The zero-order valence-corrected chi connectivity index (χ0v) is 29.0. The molecule has 2 aliphatic heterocycles. The van der Waals surface area contributed by atoms with Crippen LogP contribution >= 0.6 is 0 Å². The van der Waals surface area contributed by atoms with Crippen LogP contribution in [0.4, 0.5) is 10.5 Å². The van der Waals surface area contributed by atoms with Crippen LogP contribution < -0.4 is 19.7 Å². The van der Waals surface area contributed by atoms with E-state index in [1.54, 1.807) is 26.4 Å². The summed E-state index contributed by atoms with van der Waals surface area (Å²) in [5, 5.41) is 2.80. The topological polar surface area (TPSA) is 101 Å². The summed E-state index contributed by atoms with van der Waals surface area (Å²) in [5.74, 6) is 0.482. The second-order valence-corrected chi connectivity index (χ2v) is 13.3. The minimum atomic E-state index is -0.582. The molecule has 2 atom stereocenters. The number of rotatable bonds is 12. The van der Waals surface area contributed by atoms with Crippen molar-refractivity contribution in [3.63, 3.8) is 0 Å². The number of piperazine rings is 1. The van der Waals surface area contributed by atoms with Gasteiger partial charge in [-0.3, -0.25) is 19.4 Å². The molecule has 0 saturated carbocycles. The van der Waals surface area contributed by atoms with E-state index in [1.165, 1.54) is 10.5 Å². The summed E-state index contributed by atoms with van der Waals surface area (Å²) >= 11 is 0. The Morgan fingerprint density at radius 2 is 1.54 bits per heavy atom. The van der Waals surface area contributed by atoms with Gasteiger partial charge in [0.15, 0.2) is 11.5 Å². The van der Waals surface area contributed by atoms with Gasteiger partial charge in [0.05, 0.1) is 37.1 Å². The minimum absolute atomic E-state index is 0.287. The summed E-state index contributed by atoms with van der Waals surface area (Å²) in [6.45, 7) is 11.3. The molecule has 0 aliphatic carbocycles. The van der Waals surface area contributed by atoms with Crippen LogP contribution in [0.1, 0.15) is 90.9 Å². The molecule has 10 heteroatoms. The zero-order chi connectivity index (χ0) is 34.4. The second-order valence-electron chi connectivity index (χ2n) is 13.3. The van der Waals surface area contributed by atoms with Gasteiger partial charge in [-0.2, -0.15) is 0 Å². The number of hydrogen-bond acceptors (Lipinski definition) is 8. The first-order chi connectivity index (χ1) is 23.0. The summed E-state index contributed by atoms with van der Waals surface area (Å²) in [7, 11) is 3.13. The molecule has 3 aromatic carbocycles. The maximum atomic E-state index is 14.4. The van der Waals surface area contributed by atoms with Crippen molar-refractivity contribution in [2.45, 2.75) is 64.6 Å². The summed E-state index contributed by atoms with van der Waals surface area (Å²) in [6.07, 6.45) is 1.32. The number of unbranched alkanes of at least 4 members (excludes halogenated alkanes) is 1. The average molecular weight is 657 g/mol. The molecule has 1 unspecified atom stereocenters. The van der Waals surface area contributed by atoms with E-state index in [9.17, 15) is 14.4 Å². The lowest BCUT2D eigenvalue weighted by molar-refractivity contribution is 0.0526. The molecular formula is C38H48N4O6. The number of carbonyl (C=O) groups is 3. The molecule has 2 heterocycles. The van der Waals surface area contributed by atoms with E-state index in [0.29, 0.717) is 48.4 Å². The molecule has 1 N–H and O–H groups in total. The molecule has 0 bridgehead atoms. The molecule has 48 heavy (non-hydrogen) atoms. The molecule has 10 nitrogen and oxygen atoms in total. The van der Waals surface area contributed by atoms with Crippen molar-refractivity contribution in [2.75, 3.05) is 51.8 Å². The number of carbonyl (C=O) groups excluding carboxylic acids is 3. The van der Waals surface area contributed by atoms with Gasteiger partial charge in [0.2, 0.25) is 0 Å². The smallest absolute Gasteiger partial charge is 0.407 e. The van der Waals surface area contributed by atoms with Gasteiger partial charge < -0.3 is 24.4 Å². The number of anilines is 1. The van der Waals surface area contributed by atoms with Gasteiger partial charge in [0, 0.05) is 38.8 Å². The fourth-order valence-electron chi connectivity index (χ4n) is 6.60. The van der Waals surface area contributed by atoms with Crippen LogP contribution in [0.2, 0.25) is 0 Å². The minimum Gasteiger partial charge on any atom is -0.493 e. The van der Waals surface area contributed by atoms with E-state index >= 15 is 0 Å². The molecule has 3 aromatic rings. The first kappa shape index (κ1) is 34.8. The Hall–Kier alpha value is -4.57. The highest BCUT2D eigenvalue weighted by atomic mass is 16.6. The lowest BCUT2D eigenvalue weighted by atomic mass is 9.98. The van der Waals surface area contributed by atoms with Crippen LogP contribution in [-0.2, 0) is 4.74 Å². The van der Waals surface area contributed by atoms with E-state index in [1.807, 2.05) is 51.1 Å². The van der Waals surface area contributed by atoms with Crippen LogP contribution in [-0.4, -0.2) is 80.3 Å². The third-order valence-electron chi connectivity index (χ3n) is 9.09. The quantitative estimate of drug-likeness (QED) is 0.172. The Morgan fingerprint density at radius 3 is 2.21 bits per heavy atom. The van der Waals surface area contributed by atoms with E-state index in [4.69, 9.17) is 14.2 Å². The van der Waals surface area contributed by atoms with Crippen LogP contribution in [0.3, 0.4) is 0 Å². The fourth-order valence-corrected chi connectivity index (χ4v) is 6.60. The second kappa shape index (κ2) is 15.1. The van der Waals surface area contributed by atoms with Gasteiger partial charge in [-0.25, -0.2) is 4.79 Å². The summed E-state index contributed by atoms with van der Waals surface area (Å²) in [4.78, 5) is 46.7. The van der Waals surface area contributed by atoms with E-state index < -0.39 is 17.7 Å². The van der Waals surface area contributed by atoms with Crippen LogP contribution in [0.15, 0.2) is 66.7 Å². The van der Waals surface area contributed by atoms with Crippen molar-refractivity contribution < 1.29 is 28.6 Å². The number of imide groups is 1. The average Bonchev–Trinajstić information content (AvgIpc) is 3.34. The number of hydrogen-bond donors (Lipinski definition) is 1. The lowest BCUT2D eigenvalue weighted by Crippen LogP contribution is -2.47. The maximum Gasteiger partial charge on any atom is 0.407 e. The molecule has 1 fully saturated rings. The van der Waals surface area contributed by atoms with Gasteiger partial charge in [-0.15, -0.1) is 0 Å². The molecule has 5 rings (SSSR count). The predicted molar refractivity (Wildman–Crippen MR) is 186 cm³/mol. The standard InChI is InChI=1S/C38H48N4O6/c1-26(27-13-8-7-9-14-27)40-21-23-41(24-22-40)31-17-12-15-29-34(31)36(44)42(35(29)43)30(28-18-19-32(46-5)33(25-28)47-6)16-10-11-20-39-37(45)48-38(2,3)4/h7-9,12-15,17-19,25-26,30H,10-11,16,20-24H2,1-6H3,(H,39,45)/t26-,30?/m1/s1. The Labute approximate surface area is 283 Å². The Morgan fingerprint density at radius 1 is 0.833 bits per heavy atom. The predicted octanol–water partition coefficient (Wildman–Crippen LogP) is 6.62. The molecule has 0 spiro atoms. The zero-order valence-electron chi connectivity index (χ0n) is 29.0. The summed E-state index contributed by atoms with van der Waals surface area (Å²) in [6, 6.07) is 21.3. The number of nitrogens with one attached hydrogen (secondary N) is 1. The van der Waals surface area contributed by atoms with Crippen molar-refractivity contribution >= 4 is 23.6 Å². The van der Waals surface area contributed by atoms with Crippen molar-refractivity contribution in [1.82, 2.24) is 15.1 Å². The third kappa shape index (κ3) is 7.76. The molecule has 256 valence electrons. The van der Waals surface area contributed by atoms with Crippen LogP contribution in [0.25, 0.3) is 0 Å². The van der Waals surface area contributed by atoms with Crippen LogP contribution in [0.5, 0.6) is 11.5 Å². The molecule has 3 amide bonds. The highest BCUT2D eigenvalue weighted by Gasteiger charge is 2.43. The van der Waals surface area contributed by atoms with Gasteiger partial charge in [0.1, 0.15) is 5.60 Å². The number of nitrogens with zero attached hydrogens (tertiary/aromatic N) is 3. The lowest BCUT2D eigenvalue weighted by Gasteiger charge is -2.39. The number of fused-ring (bicyclic) bond motifs is 1. The molecule has 0 radical (unpaired) electrons. The molecule has 0 aromatic heterocycles. The molecular weight excluding hydrogens is 608 g/mol. The molecule has 2 aliphatic rings.